The molecule has 0 aromatic carbocycles. The third kappa shape index (κ3) is 34.5. The van der Waals surface area contributed by atoms with Gasteiger partial charge in [-0.05, 0) is 76.8 Å². The highest BCUT2D eigenvalue weighted by Crippen LogP contribution is 2.24. The lowest BCUT2D eigenvalue weighted by atomic mass is 9.94. The van der Waals surface area contributed by atoms with E-state index in [9.17, 15) is 14.7 Å². The highest BCUT2D eigenvalue weighted by atomic mass is 16.5. The smallest absolute Gasteiger partial charge is 0.305 e. The van der Waals surface area contributed by atoms with Gasteiger partial charge < -0.3 is 14.6 Å². The van der Waals surface area contributed by atoms with Gasteiger partial charge in [-0.25, -0.2) is 0 Å². The molecule has 0 bridgehead atoms. The van der Waals surface area contributed by atoms with Gasteiger partial charge in [0.25, 0.3) is 0 Å². The summed E-state index contributed by atoms with van der Waals surface area (Å²) in [5.74, 6) is 0.480. The first-order valence-electron chi connectivity index (χ1n) is 25.9. The van der Waals surface area contributed by atoms with Gasteiger partial charge in [0, 0.05) is 38.5 Å². The molecule has 1 fully saturated rings. The summed E-state index contributed by atoms with van der Waals surface area (Å²) in [6, 6.07) is 0.660. The minimum Gasteiger partial charge on any atom is -0.466 e. The Bertz CT molecular complexity index is 865. The topological polar surface area (TPSA) is 79.3 Å². The number of nitrogens with zero attached hydrogens (tertiary/aromatic N) is 2. The lowest BCUT2D eigenvalue weighted by Crippen LogP contribution is -2.43. The number of carbonyl (C=O) groups is 2. The van der Waals surface area contributed by atoms with Gasteiger partial charge in [-0.2, -0.15) is 0 Å². The van der Waals surface area contributed by atoms with Crippen molar-refractivity contribution in [3.05, 3.63) is 0 Å². The summed E-state index contributed by atoms with van der Waals surface area (Å²) >= 11 is 0. The molecule has 344 valence electrons. The summed E-state index contributed by atoms with van der Waals surface area (Å²) in [5.41, 5.74) is 0. The van der Waals surface area contributed by atoms with Crippen molar-refractivity contribution >= 4 is 11.9 Å². The van der Waals surface area contributed by atoms with E-state index in [-0.39, 0.29) is 18.5 Å². The van der Waals surface area contributed by atoms with Crippen LogP contribution < -0.4 is 0 Å². The van der Waals surface area contributed by atoms with Crippen LogP contribution in [0, 0.1) is 5.92 Å². The normalized spacial score (nSPS) is 13.6. The fourth-order valence-corrected chi connectivity index (χ4v) is 8.90. The summed E-state index contributed by atoms with van der Waals surface area (Å²) in [6.07, 6.45) is 43.4. The Morgan fingerprint density at radius 3 is 1.50 bits per heavy atom. The van der Waals surface area contributed by atoms with Crippen LogP contribution in [-0.4, -0.2) is 85.4 Å². The molecule has 7 nitrogen and oxygen atoms in total. The lowest BCUT2D eigenvalue weighted by molar-refractivity contribution is -0.145. The number of hydrogen-bond acceptors (Lipinski definition) is 7. The molecule has 0 heterocycles. The van der Waals surface area contributed by atoms with Crippen LogP contribution in [0.2, 0.25) is 0 Å². The second-order valence-electron chi connectivity index (χ2n) is 18.2. The first-order valence-corrected chi connectivity index (χ1v) is 25.9. The monoisotopic (exact) mass is 821 g/mol. The third-order valence-corrected chi connectivity index (χ3v) is 12.8. The molecule has 0 amide bonds. The molecule has 0 aromatic heterocycles. The van der Waals surface area contributed by atoms with Gasteiger partial charge in [-0.3, -0.25) is 19.4 Å². The number of unbranched alkanes of at least 4 members (excludes halogenated alkanes) is 22. The Labute approximate surface area is 361 Å². The molecule has 0 aromatic rings. The molecule has 1 N–H and O–H groups in total. The fourth-order valence-electron chi connectivity index (χ4n) is 8.90. The van der Waals surface area contributed by atoms with E-state index >= 15 is 0 Å². The zero-order valence-corrected chi connectivity index (χ0v) is 39.2. The molecule has 1 aliphatic carbocycles. The van der Waals surface area contributed by atoms with Crippen LogP contribution in [0.5, 0.6) is 0 Å². The van der Waals surface area contributed by atoms with E-state index in [2.05, 4.69) is 30.6 Å². The highest BCUT2D eigenvalue weighted by molar-refractivity contribution is 5.69. The molecule has 1 rings (SSSR count). The highest BCUT2D eigenvalue weighted by Gasteiger charge is 2.21. The summed E-state index contributed by atoms with van der Waals surface area (Å²) in [6.45, 7) is 13.0. The Hall–Kier alpha value is -1.18. The number of ether oxygens (including phenoxy) is 2. The van der Waals surface area contributed by atoms with Crippen molar-refractivity contribution in [2.24, 2.45) is 5.92 Å². The summed E-state index contributed by atoms with van der Waals surface area (Å²) in [4.78, 5) is 30.2. The van der Waals surface area contributed by atoms with Crippen molar-refractivity contribution in [2.45, 2.75) is 258 Å². The van der Waals surface area contributed by atoms with E-state index in [1.54, 1.807) is 0 Å². The Balaban J connectivity index is 2.33. The largest absolute Gasteiger partial charge is 0.466 e. The number of aliphatic hydroxyl groups is 1. The number of rotatable bonds is 44. The van der Waals surface area contributed by atoms with Gasteiger partial charge in [0.1, 0.15) is 0 Å². The minimum atomic E-state index is -0.0218. The van der Waals surface area contributed by atoms with Crippen molar-refractivity contribution < 1.29 is 24.2 Å². The van der Waals surface area contributed by atoms with Crippen LogP contribution >= 0.6 is 0 Å². The summed E-state index contributed by atoms with van der Waals surface area (Å²) < 4.78 is 11.4. The maximum Gasteiger partial charge on any atom is 0.305 e. The SMILES string of the molecule is CCCCCCCCCCCOC(=O)CCCCCN(CCN(CCO)CCCCCC(=O)OCC(CCCCCCCC)CCCCCCCC)C1CCCCC1. The minimum absolute atomic E-state index is 0.0165. The molecule has 0 atom stereocenters. The van der Waals surface area contributed by atoms with Crippen LogP contribution in [-0.2, 0) is 19.1 Å². The zero-order chi connectivity index (χ0) is 42.0. The van der Waals surface area contributed by atoms with Crippen LogP contribution in [0.15, 0.2) is 0 Å². The predicted molar refractivity (Wildman–Crippen MR) is 248 cm³/mol. The van der Waals surface area contributed by atoms with Gasteiger partial charge >= 0.3 is 11.9 Å². The molecule has 7 heteroatoms. The molecule has 0 radical (unpaired) electrons. The Morgan fingerprint density at radius 1 is 0.500 bits per heavy atom. The molecular weight excluding hydrogens is 721 g/mol. The Kier molecular flexibility index (Phi) is 40.2. The summed E-state index contributed by atoms with van der Waals surface area (Å²) in [5, 5.41) is 9.86. The van der Waals surface area contributed by atoms with Crippen molar-refractivity contribution in [1.82, 2.24) is 9.80 Å². The average Bonchev–Trinajstić information content (AvgIpc) is 3.23. The van der Waals surface area contributed by atoms with Gasteiger partial charge in [0.15, 0.2) is 0 Å². The maximum atomic E-state index is 12.7. The van der Waals surface area contributed by atoms with E-state index in [0.717, 1.165) is 71.1 Å². The Morgan fingerprint density at radius 2 is 0.966 bits per heavy atom. The fraction of sp³-hybridized carbons (Fsp3) is 0.961. The molecule has 0 aliphatic heterocycles. The van der Waals surface area contributed by atoms with Gasteiger partial charge in [-0.15, -0.1) is 0 Å². The van der Waals surface area contributed by atoms with Crippen LogP contribution in [0.25, 0.3) is 0 Å². The second-order valence-corrected chi connectivity index (χ2v) is 18.2. The molecule has 0 spiro atoms. The first-order chi connectivity index (χ1) is 28.5. The van der Waals surface area contributed by atoms with Gasteiger partial charge in [0.2, 0.25) is 0 Å². The first kappa shape index (κ1) is 54.8. The lowest BCUT2D eigenvalue weighted by Gasteiger charge is -2.36. The van der Waals surface area contributed by atoms with Crippen molar-refractivity contribution in [1.29, 1.82) is 0 Å². The van der Waals surface area contributed by atoms with E-state index in [4.69, 9.17) is 9.47 Å². The third-order valence-electron chi connectivity index (χ3n) is 12.8. The van der Waals surface area contributed by atoms with Crippen molar-refractivity contribution in [3.8, 4) is 0 Å². The van der Waals surface area contributed by atoms with E-state index in [1.807, 2.05) is 0 Å². The molecule has 0 saturated heterocycles. The van der Waals surface area contributed by atoms with E-state index in [1.165, 1.54) is 173 Å². The quantitative estimate of drug-likeness (QED) is 0.0484. The van der Waals surface area contributed by atoms with Crippen LogP contribution in [0.3, 0.4) is 0 Å². The second kappa shape index (κ2) is 42.5. The van der Waals surface area contributed by atoms with Crippen LogP contribution in [0.1, 0.15) is 252 Å². The van der Waals surface area contributed by atoms with Crippen molar-refractivity contribution in [2.75, 3.05) is 52.5 Å². The van der Waals surface area contributed by atoms with E-state index in [0.29, 0.717) is 44.6 Å². The van der Waals surface area contributed by atoms with Crippen molar-refractivity contribution in [3.63, 3.8) is 0 Å². The number of aliphatic hydroxyl groups excluding tert-OH is 1. The van der Waals surface area contributed by atoms with E-state index < -0.39 is 0 Å². The van der Waals surface area contributed by atoms with Gasteiger partial charge in [0.05, 0.1) is 19.8 Å². The number of hydrogen-bond donors (Lipinski definition) is 1. The maximum absolute atomic E-state index is 12.7. The number of carbonyl (C=O) groups excluding carboxylic acids is 2. The van der Waals surface area contributed by atoms with Gasteiger partial charge in [-0.1, -0.05) is 181 Å². The zero-order valence-electron chi connectivity index (χ0n) is 39.2. The molecule has 58 heavy (non-hydrogen) atoms. The summed E-state index contributed by atoms with van der Waals surface area (Å²) in [7, 11) is 0. The molecule has 0 unspecified atom stereocenters. The van der Waals surface area contributed by atoms with Crippen LogP contribution in [0.4, 0.5) is 0 Å². The average molecular weight is 821 g/mol. The number of esters is 2. The molecule has 1 aliphatic rings. The predicted octanol–water partition coefficient (Wildman–Crippen LogP) is 13.8. The molecular formula is C51H100N2O5. The molecule has 1 saturated carbocycles. The standard InChI is InChI=1S/C51H100N2O5/c1-4-7-10-13-16-17-18-21-33-46-57-50(55)38-30-24-32-41-53(49-36-27-22-28-37-49)43-42-52(44-45-54)40-31-23-29-39-51(56)58-47-48(34-25-19-14-11-8-5-2)35-26-20-15-12-9-6-3/h48-49,54H,4-47H2,1-3H3.